The Morgan fingerprint density at radius 3 is 2.40 bits per heavy atom. The highest BCUT2D eigenvalue weighted by atomic mass is 16.4. The lowest BCUT2D eigenvalue weighted by atomic mass is 9.85. The number of benzene rings is 1. The molecule has 0 aliphatic rings. The molecule has 0 saturated heterocycles. The second-order valence-corrected chi connectivity index (χ2v) is 4.61. The fourth-order valence-electron chi connectivity index (χ4n) is 1.35. The molecule has 0 aromatic heterocycles. The molecule has 0 heterocycles. The van der Waals surface area contributed by atoms with Crippen molar-refractivity contribution in [2.75, 3.05) is 5.43 Å². The molecule has 0 fully saturated rings. The number of aliphatic carboxylic acids is 1. The van der Waals surface area contributed by atoms with Crippen LogP contribution >= 0.6 is 0 Å². The van der Waals surface area contributed by atoms with Crippen molar-refractivity contribution < 1.29 is 9.90 Å². The number of carbonyl (C=O) groups is 1. The third kappa shape index (κ3) is 3.32. The molecule has 1 aromatic carbocycles. The first kappa shape index (κ1) is 15.2. The lowest BCUT2D eigenvalue weighted by Crippen LogP contribution is -2.28. The van der Waals surface area contributed by atoms with E-state index in [9.17, 15) is 4.79 Å². The highest BCUT2D eigenvalue weighted by molar-refractivity contribution is 6.45. The summed E-state index contributed by atoms with van der Waals surface area (Å²) in [4.78, 5) is 11.1. The van der Waals surface area contributed by atoms with E-state index < -0.39 is 17.2 Å². The third-order valence-electron chi connectivity index (χ3n) is 2.80. The first-order chi connectivity index (χ1) is 9.28. The number of rotatable bonds is 5. The van der Waals surface area contributed by atoms with Gasteiger partial charge in [0.15, 0.2) is 5.84 Å². The molecule has 0 spiro atoms. The molecule has 0 unspecified atom stereocenters. The Morgan fingerprint density at radius 1 is 1.45 bits per heavy atom. The summed E-state index contributed by atoms with van der Waals surface area (Å²) in [6, 6.07) is 8.27. The number of carboxylic acid groups (broad SMARTS) is 1. The zero-order valence-corrected chi connectivity index (χ0v) is 11.1. The van der Waals surface area contributed by atoms with Gasteiger partial charge in [-0.05, 0) is 31.5 Å². The molecular formula is C13H15N5O2. The summed E-state index contributed by atoms with van der Waals surface area (Å²) in [5.74, 6) is -1.34. The number of hydrogen-bond donors (Lipinski definition) is 4. The van der Waals surface area contributed by atoms with E-state index in [2.05, 4.69) is 10.5 Å². The van der Waals surface area contributed by atoms with Crippen molar-refractivity contribution in [3.05, 3.63) is 29.8 Å². The fourth-order valence-corrected chi connectivity index (χ4v) is 1.35. The Kier molecular flexibility index (Phi) is 4.43. The van der Waals surface area contributed by atoms with Crippen molar-refractivity contribution in [2.24, 2.45) is 10.8 Å². The molecule has 0 aliphatic heterocycles. The van der Waals surface area contributed by atoms with Crippen LogP contribution in [0.2, 0.25) is 0 Å². The Labute approximate surface area is 116 Å². The number of nitriles is 1. The minimum atomic E-state index is -0.987. The molecule has 0 bridgehead atoms. The fraction of sp³-hybridized carbons (Fsp3) is 0.231. The molecule has 7 nitrogen and oxygen atoms in total. The molecule has 7 heteroatoms. The first-order valence-corrected chi connectivity index (χ1v) is 5.71. The van der Waals surface area contributed by atoms with Gasteiger partial charge in [0, 0.05) is 0 Å². The summed E-state index contributed by atoms with van der Waals surface area (Å²) in [5.41, 5.74) is 7.73. The molecule has 1 aromatic rings. The number of nitrogens with one attached hydrogen (secondary N) is 2. The van der Waals surface area contributed by atoms with Crippen LogP contribution < -0.4 is 11.2 Å². The van der Waals surface area contributed by atoms with Gasteiger partial charge in [-0.15, -0.1) is 0 Å². The van der Waals surface area contributed by atoms with Gasteiger partial charge < -0.3 is 10.8 Å². The normalized spacial score (nSPS) is 11.6. The van der Waals surface area contributed by atoms with E-state index in [1.54, 1.807) is 44.2 Å². The summed E-state index contributed by atoms with van der Waals surface area (Å²) in [5, 5.41) is 28.6. The maximum atomic E-state index is 11.1. The summed E-state index contributed by atoms with van der Waals surface area (Å²) < 4.78 is 0. The van der Waals surface area contributed by atoms with Gasteiger partial charge in [0.25, 0.3) is 0 Å². The molecule has 0 aliphatic carbocycles. The van der Waals surface area contributed by atoms with E-state index >= 15 is 0 Å². The minimum absolute atomic E-state index is 0.222. The SMILES string of the molecule is CC(C)(C(=O)O)c1ccc(N/N=C(\C#N)C(=N)N)cc1. The van der Waals surface area contributed by atoms with Gasteiger partial charge in [0.05, 0.1) is 11.1 Å². The molecule has 104 valence electrons. The first-order valence-electron chi connectivity index (χ1n) is 5.71. The number of carboxylic acids is 1. The van der Waals surface area contributed by atoms with Crippen molar-refractivity contribution in [2.45, 2.75) is 19.3 Å². The van der Waals surface area contributed by atoms with Crippen molar-refractivity contribution in [1.82, 2.24) is 0 Å². The number of hydrazone groups is 1. The van der Waals surface area contributed by atoms with Crippen LogP contribution in [-0.2, 0) is 10.2 Å². The quantitative estimate of drug-likeness (QED) is 0.364. The summed E-state index contributed by atoms with van der Waals surface area (Å²) in [6.45, 7) is 3.22. The van der Waals surface area contributed by atoms with Crippen LogP contribution in [0.25, 0.3) is 0 Å². The lowest BCUT2D eigenvalue weighted by molar-refractivity contribution is -0.142. The van der Waals surface area contributed by atoms with Gasteiger partial charge in [-0.1, -0.05) is 12.1 Å². The molecule has 1 rings (SSSR count). The van der Waals surface area contributed by atoms with E-state index in [1.165, 1.54) is 0 Å². The van der Waals surface area contributed by atoms with Crippen LogP contribution in [0.3, 0.4) is 0 Å². The lowest BCUT2D eigenvalue weighted by Gasteiger charge is -2.19. The van der Waals surface area contributed by atoms with E-state index in [4.69, 9.17) is 21.5 Å². The Bertz CT molecular complexity index is 596. The Balaban J connectivity index is 2.91. The molecular weight excluding hydrogens is 258 g/mol. The predicted octanol–water partition coefficient (Wildman–Crippen LogP) is 1.28. The van der Waals surface area contributed by atoms with Crippen LogP contribution in [0.15, 0.2) is 29.4 Å². The molecule has 0 saturated carbocycles. The smallest absolute Gasteiger partial charge is 0.313 e. The van der Waals surface area contributed by atoms with Gasteiger partial charge in [-0.3, -0.25) is 15.6 Å². The van der Waals surface area contributed by atoms with Crippen LogP contribution in [0, 0.1) is 16.7 Å². The Morgan fingerprint density at radius 2 is 2.00 bits per heavy atom. The second kappa shape index (κ2) is 5.84. The predicted molar refractivity (Wildman–Crippen MR) is 75.7 cm³/mol. The van der Waals surface area contributed by atoms with Gasteiger partial charge >= 0.3 is 5.97 Å². The molecule has 0 amide bonds. The summed E-state index contributed by atoms with van der Waals surface area (Å²) in [7, 11) is 0. The highest BCUT2D eigenvalue weighted by Gasteiger charge is 2.29. The third-order valence-corrected chi connectivity index (χ3v) is 2.80. The highest BCUT2D eigenvalue weighted by Crippen LogP contribution is 2.24. The Hall–Kier alpha value is -2.88. The minimum Gasteiger partial charge on any atom is -0.481 e. The van der Waals surface area contributed by atoms with Gasteiger partial charge in [-0.2, -0.15) is 10.4 Å². The van der Waals surface area contributed by atoms with Crippen LogP contribution in [-0.4, -0.2) is 22.6 Å². The van der Waals surface area contributed by atoms with Gasteiger partial charge in [0.1, 0.15) is 6.07 Å². The molecule has 0 atom stereocenters. The van der Waals surface area contributed by atoms with E-state index in [-0.39, 0.29) is 5.71 Å². The number of nitrogens with two attached hydrogens (primary N) is 1. The van der Waals surface area contributed by atoms with Crippen molar-refractivity contribution >= 4 is 23.2 Å². The van der Waals surface area contributed by atoms with E-state index in [0.29, 0.717) is 11.3 Å². The van der Waals surface area contributed by atoms with Crippen LogP contribution in [0.1, 0.15) is 19.4 Å². The largest absolute Gasteiger partial charge is 0.481 e. The maximum Gasteiger partial charge on any atom is 0.313 e. The van der Waals surface area contributed by atoms with Gasteiger partial charge in [-0.25, -0.2) is 0 Å². The number of anilines is 1. The van der Waals surface area contributed by atoms with Crippen molar-refractivity contribution in [3.63, 3.8) is 0 Å². The summed E-state index contributed by atoms with van der Waals surface area (Å²) >= 11 is 0. The zero-order chi connectivity index (χ0) is 15.3. The average Bonchev–Trinajstić information content (AvgIpc) is 2.39. The summed E-state index contributed by atoms with van der Waals surface area (Å²) in [6.07, 6.45) is 0. The van der Waals surface area contributed by atoms with Crippen molar-refractivity contribution in [3.8, 4) is 6.07 Å². The van der Waals surface area contributed by atoms with E-state index in [0.717, 1.165) is 0 Å². The second-order valence-electron chi connectivity index (χ2n) is 4.61. The van der Waals surface area contributed by atoms with Gasteiger partial charge in [0.2, 0.25) is 5.71 Å². The number of hydrogen-bond acceptors (Lipinski definition) is 5. The zero-order valence-electron chi connectivity index (χ0n) is 11.1. The van der Waals surface area contributed by atoms with Crippen LogP contribution in [0.4, 0.5) is 5.69 Å². The molecule has 20 heavy (non-hydrogen) atoms. The topological polar surface area (TPSA) is 135 Å². The van der Waals surface area contributed by atoms with E-state index in [1.807, 2.05) is 0 Å². The van der Waals surface area contributed by atoms with Crippen LogP contribution in [0.5, 0.6) is 0 Å². The number of nitrogens with zero attached hydrogens (tertiary/aromatic N) is 2. The maximum absolute atomic E-state index is 11.1. The number of amidine groups is 1. The standard InChI is InChI=1S/C13H15N5O2/c1-13(2,12(19)20)8-3-5-9(6-4-8)17-18-10(7-14)11(15)16/h3-6,17H,1-2H3,(H3,15,16)(H,19,20)/b18-10+. The average molecular weight is 273 g/mol. The molecule has 5 N–H and O–H groups in total. The monoisotopic (exact) mass is 273 g/mol. The molecule has 0 radical (unpaired) electrons. The van der Waals surface area contributed by atoms with Crippen molar-refractivity contribution in [1.29, 1.82) is 10.7 Å².